The fourth-order valence-electron chi connectivity index (χ4n) is 1.71. The van der Waals surface area contributed by atoms with Gasteiger partial charge in [-0.3, -0.25) is 4.79 Å². The van der Waals surface area contributed by atoms with Crippen LogP contribution in [0, 0.1) is 6.92 Å². The van der Waals surface area contributed by atoms with E-state index in [-0.39, 0.29) is 5.91 Å². The molecule has 0 fully saturated rings. The van der Waals surface area contributed by atoms with Crippen LogP contribution in [0.2, 0.25) is 0 Å². The molecule has 0 bridgehead atoms. The van der Waals surface area contributed by atoms with Gasteiger partial charge < -0.3 is 16.8 Å². The molecule has 1 heterocycles. The van der Waals surface area contributed by atoms with Crippen molar-refractivity contribution >= 4 is 33.0 Å². The fraction of sp³-hybridized carbons (Fsp3) is 0.250. The molecule has 5 N–H and O–H groups in total. The normalized spacial score (nSPS) is 10.7. The second-order valence-electron chi connectivity index (χ2n) is 3.84. The van der Waals surface area contributed by atoms with Gasteiger partial charge in [0.2, 0.25) is 0 Å². The largest absolute Gasteiger partial charge is 0.397 e. The molecule has 0 atom stereocenters. The molecular weight excluding hydrogens is 234 g/mol. The zero-order valence-electron chi connectivity index (χ0n) is 9.62. The molecule has 0 saturated carbocycles. The van der Waals surface area contributed by atoms with Crippen molar-refractivity contribution in [2.45, 2.75) is 6.92 Å². The first-order valence-electron chi connectivity index (χ1n) is 5.41. The maximum Gasteiger partial charge on any atom is 0.263 e. The molecule has 0 radical (unpaired) electrons. The Morgan fingerprint density at radius 2 is 2.24 bits per heavy atom. The van der Waals surface area contributed by atoms with E-state index in [0.717, 1.165) is 15.6 Å². The van der Waals surface area contributed by atoms with Crippen molar-refractivity contribution in [3.05, 3.63) is 28.6 Å². The number of hydrogen-bond donors (Lipinski definition) is 3. The van der Waals surface area contributed by atoms with Gasteiger partial charge in [0, 0.05) is 23.2 Å². The van der Waals surface area contributed by atoms with Gasteiger partial charge in [0.05, 0.1) is 5.69 Å². The number of nitrogens with one attached hydrogen (secondary N) is 1. The van der Waals surface area contributed by atoms with Crippen molar-refractivity contribution in [2.24, 2.45) is 5.73 Å². The van der Waals surface area contributed by atoms with E-state index in [2.05, 4.69) is 5.32 Å². The number of benzene rings is 1. The van der Waals surface area contributed by atoms with E-state index in [9.17, 15) is 4.79 Å². The number of anilines is 1. The smallest absolute Gasteiger partial charge is 0.263 e. The van der Waals surface area contributed by atoms with Gasteiger partial charge in [0.25, 0.3) is 5.91 Å². The van der Waals surface area contributed by atoms with E-state index in [1.54, 1.807) is 0 Å². The summed E-state index contributed by atoms with van der Waals surface area (Å²) in [7, 11) is 0. The number of fused-ring (bicyclic) bond motifs is 1. The van der Waals surface area contributed by atoms with Crippen LogP contribution in [-0.4, -0.2) is 19.0 Å². The van der Waals surface area contributed by atoms with E-state index in [1.165, 1.54) is 11.3 Å². The second-order valence-corrected chi connectivity index (χ2v) is 4.86. The maximum atomic E-state index is 11.9. The van der Waals surface area contributed by atoms with Crippen molar-refractivity contribution in [2.75, 3.05) is 18.8 Å². The van der Waals surface area contributed by atoms with Crippen LogP contribution < -0.4 is 16.8 Å². The van der Waals surface area contributed by atoms with Crippen LogP contribution in [0.3, 0.4) is 0 Å². The minimum absolute atomic E-state index is 0.145. The number of carbonyl (C=O) groups is 1. The Bertz CT molecular complexity index is 562. The highest BCUT2D eigenvalue weighted by molar-refractivity contribution is 7.21. The lowest BCUT2D eigenvalue weighted by molar-refractivity contribution is 0.0959. The molecule has 5 heteroatoms. The number of aryl methyl sites for hydroxylation is 1. The monoisotopic (exact) mass is 249 g/mol. The fourth-order valence-corrected chi connectivity index (χ4v) is 2.82. The number of nitrogens with two attached hydrogens (primary N) is 2. The highest BCUT2D eigenvalue weighted by atomic mass is 32.1. The van der Waals surface area contributed by atoms with Crippen molar-refractivity contribution in [1.82, 2.24) is 5.32 Å². The molecule has 17 heavy (non-hydrogen) atoms. The summed E-state index contributed by atoms with van der Waals surface area (Å²) in [6.07, 6.45) is 0. The molecule has 0 unspecified atom stereocenters. The van der Waals surface area contributed by atoms with Gasteiger partial charge in [-0.2, -0.15) is 0 Å². The number of amides is 1. The van der Waals surface area contributed by atoms with Crippen LogP contribution >= 0.6 is 11.3 Å². The highest BCUT2D eigenvalue weighted by Crippen LogP contribution is 2.35. The van der Waals surface area contributed by atoms with Crippen LogP contribution in [0.5, 0.6) is 0 Å². The Morgan fingerprint density at radius 1 is 1.47 bits per heavy atom. The quantitative estimate of drug-likeness (QED) is 0.770. The molecule has 4 nitrogen and oxygen atoms in total. The number of thiophene rings is 1. The molecule has 2 rings (SSSR count). The van der Waals surface area contributed by atoms with Gasteiger partial charge in [0.15, 0.2) is 0 Å². The average Bonchev–Trinajstić information content (AvgIpc) is 2.66. The van der Waals surface area contributed by atoms with Crippen molar-refractivity contribution in [3.8, 4) is 0 Å². The summed E-state index contributed by atoms with van der Waals surface area (Å²) in [6.45, 7) is 2.90. The summed E-state index contributed by atoms with van der Waals surface area (Å²) < 4.78 is 1.07. The summed E-state index contributed by atoms with van der Waals surface area (Å²) in [6, 6.07) is 5.90. The summed E-state index contributed by atoms with van der Waals surface area (Å²) in [5, 5.41) is 3.69. The Morgan fingerprint density at radius 3 is 2.88 bits per heavy atom. The molecule has 2 aromatic rings. The van der Waals surface area contributed by atoms with Crippen molar-refractivity contribution in [3.63, 3.8) is 0 Å². The minimum atomic E-state index is -0.145. The van der Waals surface area contributed by atoms with Gasteiger partial charge >= 0.3 is 0 Å². The van der Waals surface area contributed by atoms with Crippen LogP contribution in [0.15, 0.2) is 18.2 Å². The minimum Gasteiger partial charge on any atom is -0.397 e. The second kappa shape index (κ2) is 4.73. The molecular formula is C12H15N3OS. The Hall–Kier alpha value is -1.59. The third-order valence-corrected chi connectivity index (χ3v) is 3.94. The molecule has 1 amide bonds. The predicted octanol–water partition coefficient (Wildman–Crippen LogP) is 1.48. The van der Waals surface area contributed by atoms with Crippen LogP contribution in [-0.2, 0) is 0 Å². The zero-order valence-corrected chi connectivity index (χ0v) is 10.4. The molecule has 1 aromatic carbocycles. The first kappa shape index (κ1) is 11.9. The Balaban J connectivity index is 2.45. The molecule has 90 valence electrons. The van der Waals surface area contributed by atoms with E-state index in [4.69, 9.17) is 11.5 Å². The highest BCUT2D eigenvalue weighted by Gasteiger charge is 2.16. The average molecular weight is 249 g/mol. The summed E-state index contributed by atoms with van der Waals surface area (Å²) >= 11 is 1.43. The first-order valence-corrected chi connectivity index (χ1v) is 6.22. The van der Waals surface area contributed by atoms with Crippen molar-refractivity contribution in [1.29, 1.82) is 0 Å². The molecule has 0 saturated heterocycles. The van der Waals surface area contributed by atoms with E-state index < -0.39 is 0 Å². The molecule has 0 aliphatic heterocycles. The third kappa shape index (κ3) is 2.11. The molecule has 1 aromatic heterocycles. The maximum absolute atomic E-state index is 11.9. The van der Waals surface area contributed by atoms with Gasteiger partial charge in [-0.25, -0.2) is 0 Å². The molecule has 0 aliphatic rings. The summed E-state index contributed by atoms with van der Waals surface area (Å²) in [5.74, 6) is -0.145. The Labute approximate surface area is 104 Å². The van der Waals surface area contributed by atoms with Gasteiger partial charge in [-0.1, -0.05) is 18.2 Å². The van der Waals surface area contributed by atoms with Crippen molar-refractivity contribution < 1.29 is 4.79 Å². The van der Waals surface area contributed by atoms with Gasteiger partial charge in [0.1, 0.15) is 4.88 Å². The molecule has 0 aliphatic carbocycles. The zero-order chi connectivity index (χ0) is 12.4. The Kier molecular flexibility index (Phi) is 3.31. The number of carbonyl (C=O) groups excluding carboxylic acids is 1. The van der Waals surface area contributed by atoms with E-state index >= 15 is 0 Å². The van der Waals surface area contributed by atoms with Crippen LogP contribution in [0.1, 0.15) is 15.2 Å². The number of rotatable bonds is 3. The van der Waals surface area contributed by atoms with Crippen LogP contribution in [0.4, 0.5) is 5.69 Å². The van der Waals surface area contributed by atoms with E-state index in [1.807, 2.05) is 25.1 Å². The first-order chi connectivity index (χ1) is 8.15. The predicted molar refractivity (Wildman–Crippen MR) is 72.4 cm³/mol. The SMILES string of the molecule is Cc1cccc2c(N)c(C(=O)NCCN)sc12. The lowest BCUT2D eigenvalue weighted by Crippen LogP contribution is -2.28. The standard InChI is InChI=1S/C12H15N3OS/c1-7-3-2-4-8-9(14)11(17-10(7)8)12(16)15-6-5-13/h2-4H,5-6,13-14H2,1H3,(H,15,16). The number of nitrogen functional groups attached to an aromatic ring is 1. The summed E-state index contributed by atoms with van der Waals surface area (Å²) in [5.41, 5.74) is 13.0. The third-order valence-electron chi connectivity index (χ3n) is 2.59. The summed E-state index contributed by atoms with van der Waals surface area (Å²) in [4.78, 5) is 12.4. The lowest BCUT2D eigenvalue weighted by Gasteiger charge is -2.01. The molecule has 0 spiro atoms. The number of hydrogen-bond acceptors (Lipinski definition) is 4. The van der Waals surface area contributed by atoms with E-state index in [0.29, 0.717) is 23.7 Å². The topological polar surface area (TPSA) is 81.1 Å². The van der Waals surface area contributed by atoms with Crippen LogP contribution in [0.25, 0.3) is 10.1 Å². The van der Waals surface area contributed by atoms with Gasteiger partial charge in [-0.05, 0) is 12.5 Å². The lowest BCUT2D eigenvalue weighted by atomic mass is 10.1. The van der Waals surface area contributed by atoms with Gasteiger partial charge in [-0.15, -0.1) is 11.3 Å².